The van der Waals surface area contributed by atoms with Gasteiger partial charge in [-0.3, -0.25) is 9.36 Å². The summed E-state index contributed by atoms with van der Waals surface area (Å²) in [4.78, 5) is 42.4. The highest BCUT2D eigenvalue weighted by molar-refractivity contribution is 7.51. The van der Waals surface area contributed by atoms with E-state index < -0.39 is 38.2 Å². The lowest BCUT2D eigenvalue weighted by Gasteiger charge is -2.44. The number of unbranched alkanes of at least 4 members (excludes halogenated alkanes) is 2. The summed E-state index contributed by atoms with van der Waals surface area (Å²) in [5.41, 5.74) is 1.36. The first-order valence-corrected chi connectivity index (χ1v) is 13.8. The highest BCUT2D eigenvalue weighted by Gasteiger charge is 2.45. The Morgan fingerprint density at radius 3 is 2.56 bits per heavy atom. The van der Waals surface area contributed by atoms with E-state index in [1.54, 1.807) is 18.2 Å². The lowest BCUT2D eigenvalue weighted by atomic mass is 9.83. The molecule has 1 aliphatic rings. The van der Waals surface area contributed by atoms with Gasteiger partial charge in [-0.2, -0.15) is 0 Å². The summed E-state index contributed by atoms with van der Waals surface area (Å²) in [7, 11) is -4.26. The van der Waals surface area contributed by atoms with Crippen LogP contribution in [-0.2, 0) is 18.8 Å². The number of benzene rings is 1. The van der Waals surface area contributed by atoms with Crippen molar-refractivity contribution in [3.8, 4) is 18.1 Å². The summed E-state index contributed by atoms with van der Waals surface area (Å²) in [6, 6.07) is 4.90. The van der Waals surface area contributed by atoms with Crippen molar-refractivity contribution in [1.82, 2.24) is 5.32 Å². The van der Waals surface area contributed by atoms with Crippen LogP contribution >= 0.6 is 7.60 Å². The fourth-order valence-corrected chi connectivity index (χ4v) is 4.60. The number of ether oxygens (including phenoxy) is 3. The summed E-state index contributed by atoms with van der Waals surface area (Å²) < 4.78 is 29.1. The molecule has 1 aromatic rings. The molecule has 0 aliphatic carbocycles. The monoisotopic (exact) mass is 524 g/mol. The first-order valence-electron chi connectivity index (χ1n) is 12.0. The average Bonchev–Trinajstić information content (AvgIpc) is 2.78. The third-order valence-corrected chi connectivity index (χ3v) is 7.01. The van der Waals surface area contributed by atoms with Crippen molar-refractivity contribution in [3.63, 3.8) is 0 Å². The standard InChI is InChI=1S/C25H37N2O8P/c1-6-7-8-9-13-26-25(29)27-20-10-11-21(16(2)15-20)34-24-18(4)17(3)23(33-19(5)28)22(35-24)12-14-36(30,31)32/h1,10-11,15,17-18,22-24H,7-9,12-14H2,2-5H3,(H2,26,27,29)(H2,30,31,32)/t17-,18+,22-,23+,24+/m1/s1. The number of aryl methyl sites for hydroxylation is 1. The molecule has 1 aliphatic heterocycles. The van der Waals surface area contributed by atoms with Crippen LogP contribution in [0.25, 0.3) is 0 Å². The van der Waals surface area contributed by atoms with E-state index in [-0.39, 0.29) is 24.3 Å². The van der Waals surface area contributed by atoms with Crippen LogP contribution in [-0.4, -0.2) is 53.0 Å². The number of esters is 1. The maximum atomic E-state index is 12.1. The number of terminal acetylenes is 1. The number of nitrogens with one attached hydrogen (secondary N) is 2. The Kier molecular flexibility index (Phi) is 11.3. The van der Waals surface area contributed by atoms with Crippen molar-refractivity contribution < 1.29 is 38.2 Å². The minimum atomic E-state index is -4.26. The zero-order chi connectivity index (χ0) is 26.9. The fourth-order valence-electron chi connectivity index (χ4n) is 4.01. The number of urea groups is 1. The van der Waals surface area contributed by atoms with Crippen molar-refractivity contribution in [2.24, 2.45) is 11.8 Å². The molecule has 0 spiro atoms. The van der Waals surface area contributed by atoms with Crippen LogP contribution in [0.4, 0.5) is 10.5 Å². The van der Waals surface area contributed by atoms with E-state index in [0.29, 0.717) is 24.4 Å². The predicted octanol–water partition coefficient (Wildman–Crippen LogP) is 3.80. The van der Waals surface area contributed by atoms with Crippen molar-refractivity contribution in [1.29, 1.82) is 0 Å². The molecule has 36 heavy (non-hydrogen) atoms. The van der Waals surface area contributed by atoms with Gasteiger partial charge in [0, 0.05) is 37.4 Å². The van der Waals surface area contributed by atoms with Gasteiger partial charge in [0.25, 0.3) is 0 Å². The molecule has 0 aromatic heterocycles. The highest BCUT2D eigenvalue weighted by Crippen LogP contribution is 2.40. The topological polar surface area (TPSA) is 143 Å². The third kappa shape index (κ3) is 9.47. The van der Waals surface area contributed by atoms with Gasteiger partial charge >= 0.3 is 19.6 Å². The molecule has 4 N–H and O–H groups in total. The summed E-state index contributed by atoms with van der Waals surface area (Å²) in [6.45, 7) is 7.46. The molecule has 1 saturated heterocycles. The van der Waals surface area contributed by atoms with E-state index in [9.17, 15) is 23.9 Å². The largest absolute Gasteiger partial charge is 0.464 e. The minimum absolute atomic E-state index is 0.0127. The van der Waals surface area contributed by atoms with E-state index in [4.69, 9.17) is 20.6 Å². The van der Waals surface area contributed by atoms with Crippen LogP contribution in [0, 0.1) is 31.1 Å². The molecule has 11 heteroatoms. The second-order valence-corrected chi connectivity index (χ2v) is 10.9. The molecule has 5 atom stereocenters. The molecular formula is C25H37N2O8P. The molecule has 10 nitrogen and oxygen atoms in total. The zero-order valence-corrected chi connectivity index (χ0v) is 22.1. The Morgan fingerprint density at radius 2 is 1.94 bits per heavy atom. The predicted molar refractivity (Wildman–Crippen MR) is 136 cm³/mol. The van der Waals surface area contributed by atoms with Crippen LogP contribution in [0.3, 0.4) is 0 Å². The van der Waals surface area contributed by atoms with E-state index in [1.807, 2.05) is 20.8 Å². The molecule has 2 amide bonds. The smallest absolute Gasteiger partial charge is 0.325 e. The highest BCUT2D eigenvalue weighted by atomic mass is 31.2. The van der Waals surface area contributed by atoms with Gasteiger partial charge in [0.15, 0.2) is 0 Å². The lowest BCUT2D eigenvalue weighted by molar-refractivity contribution is -0.239. The molecule has 0 radical (unpaired) electrons. The van der Waals surface area contributed by atoms with Gasteiger partial charge < -0.3 is 34.6 Å². The normalized spacial score (nSPS) is 23.9. The van der Waals surface area contributed by atoms with Gasteiger partial charge in [0.05, 0.1) is 12.3 Å². The van der Waals surface area contributed by atoms with Crippen molar-refractivity contribution in [3.05, 3.63) is 23.8 Å². The average molecular weight is 525 g/mol. The van der Waals surface area contributed by atoms with Gasteiger partial charge in [-0.25, -0.2) is 4.79 Å². The summed E-state index contributed by atoms with van der Waals surface area (Å²) in [5, 5.41) is 5.57. The summed E-state index contributed by atoms with van der Waals surface area (Å²) in [6.07, 6.45) is 5.06. The number of anilines is 1. The van der Waals surface area contributed by atoms with Crippen LogP contribution in [0.1, 0.15) is 52.0 Å². The second-order valence-electron chi connectivity index (χ2n) is 9.15. The van der Waals surface area contributed by atoms with E-state index >= 15 is 0 Å². The first kappa shape index (κ1) is 29.7. The summed E-state index contributed by atoms with van der Waals surface area (Å²) in [5.74, 6) is 2.26. The molecule has 1 fully saturated rings. The van der Waals surface area contributed by atoms with Gasteiger partial charge in [0.1, 0.15) is 11.9 Å². The van der Waals surface area contributed by atoms with Crippen LogP contribution in [0.15, 0.2) is 18.2 Å². The van der Waals surface area contributed by atoms with E-state index in [2.05, 4.69) is 16.6 Å². The number of carbonyl (C=O) groups is 2. The Bertz CT molecular complexity index is 989. The van der Waals surface area contributed by atoms with Crippen LogP contribution < -0.4 is 15.4 Å². The molecule has 1 heterocycles. The minimum Gasteiger partial charge on any atom is -0.464 e. The number of amides is 2. The van der Waals surface area contributed by atoms with Crippen molar-refractivity contribution in [2.45, 2.75) is 71.9 Å². The van der Waals surface area contributed by atoms with Gasteiger partial charge in [-0.15, -0.1) is 12.3 Å². The molecule has 0 unspecified atom stereocenters. The Balaban J connectivity index is 2.05. The van der Waals surface area contributed by atoms with E-state index in [0.717, 1.165) is 18.4 Å². The van der Waals surface area contributed by atoms with Crippen LogP contribution in [0.5, 0.6) is 5.75 Å². The number of rotatable bonds is 11. The molecule has 200 valence electrons. The fraction of sp³-hybridized carbons (Fsp3) is 0.600. The van der Waals surface area contributed by atoms with Gasteiger partial charge in [-0.1, -0.05) is 13.8 Å². The van der Waals surface area contributed by atoms with Crippen molar-refractivity contribution in [2.75, 3.05) is 18.0 Å². The number of hydrogen-bond donors (Lipinski definition) is 4. The Labute approximate surface area is 212 Å². The SMILES string of the molecule is C#CCCCCNC(=O)Nc1ccc(O[C@H]2O[C@H](CCP(=O)(O)O)[C@@H](OC(C)=O)[C@H](C)[C@@H]2C)c(C)c1. The van der Waals surface area contributed by atoms with Gasteiger partial charge in [-0.05, 0) is 49.9 Å². The van der Waals surface area contributed by atoms with Crippen molar-refractivity contribution >= 4 is 25.3 Å². The molecule has 2 rings (SSSR count). The second kappa shape index (κ2) is 13.7. The van der Waals surface area contributed by atoms with Crippen LogP contribution in [0.2, 0.25) is 0 Å². The zero-order valence-electron chi connectivity index (χ0n) is 21.2. The first-order chi connectivity index (χ1) is 16.9. The third-order valence-electron chi connectivity index (χ3n) is 6.17. The summed E-state index contributed by atoms with van der Waals surface area (Å²) >= 11 is 0. The molecule has 1 aromatic carbocycles. The lowest BCUT2D eigenvalue weighted by Crippen LogP contribution is -2.53. The van der Waals surface area contributed by atoms with Gasteiger partial charge in [0.2, 0.25) is 6.29 Å². The maximum absolute atomic E-state index is 12.1. The Morgan fingerprint density at radius 1 is 1.22 bits per heavy atom. The Hall–Kier alpha value is -2.57. The van der Waals surface area contributed by atoms with E-state index in [1.165, 1.54) is 6.92 Å². The quantitative estimate of drug-likeness (QED) is 0.148. The number of hydrogen-bond acceptors (Lipinski definition) is 6. The number of carbonyl (C=O) groups excluding carboxylic acids is 2. The maximum Gasteiger partial charge on any atom is 0.325 e. The molecular weight excluding hydrogens is 487 g/mol. The molecule has 0 bridgehead atoms. The molecule has 0 saturated carbocycles.